The third kappa shape index (κ3) is 5.19. The third-order valence-corrected chi connectivity index (χ3v) is 7.03. The number of ether oxygens (including phenoxy) is 1. The summed E-state index contributed by atoms with van der Waals surface area (Å²) in [4.78, 5) is 0. The van der Waals surface area contributed by atoms with Crippen molar-refractivity contribution in [2.45, 2.75) is 76.7 Å². The Morgan fingerprint density at radius 2 is 1.52 bits per heavy atom. The molecule has 0 aliphatic heterocycles. The highest BCUT2D eigenvalue weighted by molar-refractivity contribution is 5.28. The molecule has 0 atom stereocenters. The van der Waals surface area contributed by atoms with Crippen molar-refractivity contribution >= 4 is 0 Å². The highest BCUT2D eigenvalue weighted by atomic mass is 19.1. The maximum absolute atomic E-state index is 14.2. The van der Waals surface area contributed by atoms with E-state index in [9.17, 15) is 8.78 Å². The quantitative estimate of drug-likeness (QED) is 0.459. The maximum atomic E-state index is 14.2. The van der Waals surface area contributed by atoms with Crippen molar-refractivity contribution < 1.29 is 13.5 Å². The van der Waals surface area contributed by atoms with Gasteiger partial charge in [-0.25, -0.2) is 8.78 Å². The number of hydrogen-bond donors (Lipinski definition) is 0. The first-order valence-electron chi connectivity index (χ1n) is 10.7. The zero-order valence-electron chi connectivity index (χ0n) is 16.7. The first-order valence-corrected chi connectivity index (χ1v) is 10.7. The molecule has 0 unspecified atom stereocenters. The summed E-state index contributed by atoms with van der Waals surface area (Å²) in [5.74, 6) is 1.93. The SMILES string of the molecule is C=CCCC1CCC(C2CCC(c3cc(F)c(COC)c(F)c3)CC2)CC1. The molecule has 3 heteroatoms. The van der Waals surface area contributed by atoms with Crippen LogP contribution < -0.4 is 0 Å². The van der Waals surface area contributed by atoms with Gasteiger partial charge in [-0.15, -0.1) is 6.58 Å². The van der Waals surface area contributed by atoms with Crippen LogP contribution in [0.15, 0.2) is 24.8 Å². The summed E-state index contributed by atoms with van der Waals surface area (Å²) in [5.41, 5.74) is 0.875. The average molecular weight is 377 g/mol. The topological polar surface area (TPSA) is 9.23 Å². The van der Waals surface area contributed by atoms with E-state index in [0.29, 0.717) is 5.92 Å². The molecule has 2 aliphatic carbocycles. The highest BCUT2D eigenvalue weighted by Crippen LogP contribution is 2.44. The summed E-state index contributed by atoms with van der Waals surface area (Å²) in [6, 6.07) is 3.07. The lowest BCUT2D eigenvalue weighted by Gasteiger charge is -2.38. The Morgan fingerprint density at radius 3 is 2.04 bits per heavy atom. The van der Waals surface area contributed by atoms with Crippen molar-refractivity contribution in [2.75, 3.05) is 7.11 Å². The fraction of sp³-hybridized carbons (Fsp3) is 0.667. The van der Waals surface area contributed by atoms with Crippen molar-refractivity contribution in [2.24, 2.45) is 17.8 Å². The van der Waals surface area contributed by atoms with Gasteiger partial charge in [0.15, 0.2) is 0 Å². The van der Waals surface area contributed by atoms with E-state index in [1.165, 1.54) is 64.2 Å². The van der Waals surface area contributed by atoms with Crippen LogP contribution in [0.1, 0.15) is 81.3 Å². The molecule has 0 saturated heterocycles. The molecule has 0 spiro atoms. The van der Waals surface area contributed by atoms with Crippen LogP contribution in [0.5, 0.6) is 0 Å². The summed E-state index contributed by atoms with van der Waals surface area (Å²) < 4.78 is 33.3. The number of rotatable bonds is 7. The molecule has 27 heavy (non-hydrogen) atoms. The fourth-order valence-corrected chi connectivity index (χ4v) is 5.37. The number of benzene rings is 1. The van der Waals surface area contributed by atoms with E-state index in [2.05, 4.69) is 6.58 Å². The number of halogens is 2. The predicted octanol–water partition coefficient (Wildman–Crippen LogP) is 7.16. The van der Waals surface area contributed by atoms with Gasteiger partial charge in [-0.2, -0.15) is 0 Å². The van der Waals surface area contributed by atoms with E-state index in [1.807, 2.05) is 6.08 Å². The normalized spacial score (nSPS) is 28.9. The molecule has 2 saturated carbocycles. The van der Waals surface area contributed by atoms with Gasteiger partial charge in [0, 0.05) is 12.7 Å². The van der Waals surface area contributed by atoms with Crippen LogP contribution in [-0.4, -0.2) is 7.11 Å². The van der Waals surface area contributed by atoms with Gasteiger partial charge >= 0.3 is 0 Å². The van der Waals surface area contributed by atoms with Gasteiger partial charge in [0.05, 0.1) is 6.61 Å². The van der Waals surface area contributed by atoms with Crippen molar-refractivity contribution in [1.29, 1.82) is 0 Å². The molecule has 150 valence electrons. The minimum atomic E-state index is -0.466. The number of allylic oxidation sites excluding steroid dienone is 1. The molecule has 0 amide bonds. The molecule has 0 radical (unpaired) electrons. The molecule has 2 aliphatic rings. The van der Waals surface area contributed by atoms with Crippen molar-refractivity contribution in [3.63, 3.8) is 0 Å². The first kappa shape index (κ1) is 20.5. The molecule has 1 aromatic rings. The smallest absolute Gasteiger partial charge is 0.131 e. The van der Waals surface area contributed by atoms with E-state index in [4.69, 9.17) is 4.74 Å². The van der Waals surface area contributed by atoms with E-state index in [0.717, 1.165) is 42.6 Å². The van der Waals surface area contributed by atoms with E-state index in [1.54, 1.807) is 0 Å². The van der Waals surface area contributed by atoms with Crippen LogP contribution in [0.2, 0.25) is 0 Å². The van der Waals surface area contributed by atoms with Gasteiger partial charge in [-0.3, -0.25) is 0 Å². The van der Waals surface area contributed by atoms with Crippen molar-refractivity contribution in [3.05, 3.63) is 47.5 Å². The van der Waals surface area contributed by atoms with Crippen LogP contribution in [0.25, 0.3) is 0 Å². The second kappa shape index (κ2) is 9.82. The Morgan fingerprint density at radius 1 is 0.963 bits per heavy atom. The molecule has 0 aromatic heterocycles. The summed E-state index contributed by atoms with van der Waals surface area (Å²) in [7, 11) is 1.46. The standard InChI is InChI=1S/C24H34F2O/c1-3-4-5-17-6-8-18(9-7-17)19-10-12-20(13-11-19)21-14-23(25)22(16-27-2)24(26)15-21/h3,14-15,17-20H,1,4-13,16H2,2H3. The molecule has 0 N–H and O–H groups in total. The van der Waals surface area contributed by atoms with Gasteiger partial charge in [-0.05, 0) is 92.7 Å². The third-order valence-electron chi connectivity index (χ3n) is 7.03. The molecular weight excluding hydrogens is 342 g/mol. The lowest BCUT2D eigenvalue weighted by molar-refractivity contribution is 0.157. The van der Waals surface area contributed by atoms with Gasteiger partial charge in [0.1, 0.15) is 11.6 Å². The number of hydrogen-bond acceptors (Lipinski definition) is 1. The lowest BCUT2D eigenvalue weighted by atomic mass is 9.68. The Balaban J connectivity index is 1.51. The van der Waals surface area contributed by atoms with Gasteiger partial charge in [0.25, 0.3) is 0 Å². The van der Waals surface area contributed by atoms with Crippen molar-refractivity contribution in [1.82, 2.24) is 0 Å². The summed E-state index contributed by atoms with van der Waals surface area (Å²) in [6.45, 7) is 3.82. The zero-order valence-corrected chi connectivity index (χ0v) is 16.7. The van der Waals surface area contributed by atoms with Crippen molar-refractivity contribution in [3.8, 4) is 0 Å². The molecule has 3 rings (SSSR count). The largest absolute Gasteiger partial charge is 0.380 e. The van der Waals surface area contributed by atoms with Crippen LogP contribution >= 0.6 is 0 Å². The van der Waals surface area contributed by atoms with Crippen LogP contribution in [0, 0.1) is 29.4 Å². The molecular formula is C24H34F2O. The van der Waals surface area contributed by atoms with E-state index in [-0.39, 0.29) is 12.2 Å². The molecule has 2 fully saturated rings. The molecule has 0 bridgehead atoms. The molecule has 1 nitrogen and oxygen atoms in total. The van der Waals surface area contributed by atoms with Gasteiger partial charge in [0.2, 0.25) is 0 Å². The monoisotopic (exact) mass is 376 g/mol. The second-order valence-electron chi connectivity index (χ2n) is 8.65. The minimum Gasteiger partial charge on any atom is -0.380 e. The highest BCUT2D eigenvalue weighted by Gasteiger charge is 2.31. The number of methoxy groups -OCH3 is 1. The first-order chi connectivity index (χ1) is 13.1. The van der Waals surface area contributed by atoms with Crippen LogP contribution in [-0.2, 0) is 11.3 Å². The second-order valence-corrected chi connectivity index (χ2v) is 8.65. The maximum Gasteiger partial charge on any atom is 0.131 e. The summed E-state index contributed by atoms with van der Waals surface area (Å²) in [5, 5.41) is 0. The Kier molecular flexibility index (Phi) is 7.46. The predicted molar refractivity (Wildman–Crippen MR) is 107 cm³/mol. The zero-order chi connectivity index (χ0) is 19.2. The van der Waals surface area contributed by atoms with Gasteiger partial charge < -0.3 is 4.74 Å². The molecule has 1 aromatic carbocycles. The van der Waals surface area contributed by atoms with Gasteiger partial charge in [-0.1, -0.05) is 18.9 Å². The molecule has 0 heterocycles. The Bertz CT molecular complexity index is 588. The Hall–Kier alpha value is -1.22. The lowest BCUT2D eigenvalue weighted by Crippen LogP contribution is -2.25. The Labute approximate surface area is 163 Å². The summed E-state index contributed by atoms with van der Waals surface area (Å²) >= 11 is 0. The summed E-state index contributed by atoms with van der Waals surface area (Å²) in [6.07, 6.45) is 14.5. The van der Waals surface area contributed by atoms with E-state index < -0.39 is 11.6 Å². The fourth-order valence-electron chi connectivity index (χ4n) is 5.37. The van der Waals surface area contributed by atoms with Crippen LogP contribution in [0.4, 0.5) is 8.78 Å². The average Bonchev–Trinajstić information content (AvgIpc) is 2.69. The van der Waals surface area contributed by atoms with Crippen LogP contribution in [0.3, 0.4) is 0 Å². The van der Waals surface area contributed by atoms with E-state index >= 15 is 0 Å². The minimum absolute atomic E-state index is 0.0137.